The average Bonchev–Trinajstić information content (AvgIpc) is 2.69. The van der Waals surface area contributed by atoms with Crippen LogP contribution in [0.2, 0.25) is 0 Å². The van der Waals surface area contributed by atoms with Crippen LogP contribution in [-0.2, 0) is 21.9 Å². The predicted octanol–water partition coefficient (Wildman–Crippen LogP) is 4.48. The molecule has 0 unspecified atom stereocenters. The highest BCUT2D eigenvalue weighted by Crippen LogP contribution is 2.19. The molecule has 0 aliphatic carbocycles. The van der Waals surface area contributed by atoms with E-state index in [4.69, 9.17) is 0 Å². The Kier molecular flexibility index (Phi) is 9.26. The van der Waals surface area contributed by atoms with Crippen LogP contribution in [0.5, 0.6) is 0 Å². The fraction of sp³-hybridized carbons (Fsp3) is 0.417. The maximum absolute atomic E-state index is 13.2. The first-order valence-electron chi connectivity index (χ1n) is 10.2. The van der Waals surface area contributed by atoms with Gasteiger partial charge in [-0.05, 0) is 43.9 Å². The number of hydrogen-bond acceptors (Lipinski definition) is 3. The molecule has 156 valence electrons. The Balaban J connectivity index is 2.12. The molecule has 0 bridgehead atoms. The summed E-state index contributed by atoms with van der Waals surface area (Å²) < 4.78 is 0. The van der Waals surface area contributed by atoms with E-state index < -0.39 is 6.04 Å². The second kappa shape index (κ2) is 11.7. The molecule has 0 fully saturated rings. The fourth-order valence-electron chi connectivity index (χ4n) is 3.32. The van der Waals surface area contributed by atoms with Crippen LogP contribution in [0.3, 0.4) is 0 Å². The van der Waals surface area contributed by atoms with E-state index in [2.05, 4.69) is 30.4 Å². The van der Waals surface area contributed by atoms with Crippen LogP contribution in [0.15, 0.2) is 48.5 Å². The molecule has 5 heteroatoms. The minimum atomic E-state index is -0.457. The number of rotatable bonds is 10. The molecule has 0 aromatic heterocycles. The average molecular weight is 413 g/mol. The molecule has 2 amide bonds. The number of carbonyl (C=O) groups is 2. The van der Waals surface area contributed by atoms with Gasteiger partial charge in [-0.1, -0.05) is 61.0 Å². The van der Waals surface area contributed by atoms with E-state index in [1.54, 1.807) is 16.7 Å². The first-order chi connectivity index (χ1) is 14.0. The number of aryl methyl sites for hydroxylation is 2. The van der Waals surface area contributed by atoms with Crippen molar-refractivity contribution in [2.45, 2.75) is 52.5 Å². The van der Waals surface area contributed by atoms with E-state index in [1.165, 1.54) is 11.1 Å². The molecule has 0 aliphatic rings. The lowest BCUT2D eigenvalue weighted by Gasteiger charge is -2.31. The standard InChI is InChI=1S/C24H32N2O2S/c1-5-22(24(28)25-6-2)26(15-21-13-8-7-11-19(21)4)23(27)17-29-16-20-12-9-10-18(3)14-20/h7-14,22H,5-6,15-17H2,1-4H3,(H,25,28)/t22-/m1/s1. The third kappa shape index (κ3) is 6.93. The molecule has 0 heterocycles. The van der Waals surface area contributed by atoms with Crippen LogP contribution in [0.1, 0.15) is 42.5 Å². The van der Waals surface area contributed by atoms with Crippen molar-refractivity contribution in [1.82, 2.24) is 10.2 Å². The first-order valence-corrected chi connectivity index (χ1v) is 11.4. The Bertz CT molecular complexity index is 822. The van der Waals surface area contributed by atoms with Gasteiger partial charge in [0.05, 0.1) is 5.75 Å². The van der Waals surface area contributed by atoms with Gasteiger partial charge in [-0.15, -0.1) is 11.8 Å². The zero-order chi connectivity index (χ0) is 21.2. The minimum absolute atomic E-state index is 0.00371. The molecular weight excluding hydrogens is 380 g/mol. The maximum atomic E-state index is 13.2. The van der Waals surface area contributed by atoms with Crippen LogP contribution >= 0.6 is 11.8 Å². The van der Waals surface area contributed by atoms with Gasteiger partial charge in [0.1, 0.15) is 6.04 Å². The Labute approximate surface area is 179 Å². The zero-order valence-corrected chi connectivity index (χ0v) is 18.7. The lowest BCUT2D eigenvalue weighted by atomic mass is 10.1. The van der Waals surface area contributed by atoms with Gasteiger partial charge in [0, 0.05) is 18.8 Å². The normalized spacial score (nSPS) is 11.7. The number of benzene rings is 2. The first kappa shape index (κ1) is 23.0. The molecule has 0 saturated carbocycles. The van der Waals surface area contributed by atoms with Gasteiger partial charge in [-0.25, -0.2) is 0 Å². The van der Waals surface area contributed by atoms with Gasteiger partial charge in [0.2, 0.25) is 11.8 Å². The maximum Gasteiger partial charge on any atom is 0.242 e. The van der Waals surface area contributed by atoms with Crippen molar-refractivity contribution in [3.8, 4) is 0 Å². The lowest BCUT2D eigenvalue weighted by molar-refractivity contribution is -0.139. The van der Waals surface area contributed by atoms with Gasteiger partial charge in [-0.2, -0.15) is 0 Å². The monoisotopic (exact) mass is 412 g/mol. The molecule has 2 aromatic carbocycles. The number of nitrogens with zero attached hydrogens (tertiary/aromatic N) is 1. The van der Waals surface area contributed by atoms with Crippen molar-refractivity contribution in [3.05, 3.63) is 70.8 Å². The van der Waals surface area contributed by atoms with E-state index in [1.807, 2.05) is 51.1 Å². The van der Waals surface area contributed by atoms with Gasteiger partial charge in [0.15, 0.2) is 0 Å². The highest BCUT2D eigenvalue weighted by molar-refractivity contribution is 7.99. The van der Waals surface area contributed by atoms with E-state index in [0.29, 0.717) is 25.3 Å². The molecule has 0 saturated heterocycles. The summed E-state index contributed by atoms with van der Waals surface area (Å²) in [7, 11) is 0. The Morgan fingerprint density at radius 1 is 1.07 bits per heavy atom. The van der Waals surface area contributed by atoms with Crippen LogP contribution < -0.4 is 5.32 Å². The molecule has 4 nitrogen and oxygen atoms in total. The Morgan fingerprint density at radius 3 is 2.48 bits per heavy atom. The quantitative estimate of drug-likeness (QED) is 0.626. The number of carbonyl (C=O) groups excluding carboxylic acids is 2. The Morgan fingerprint density at radius 2 is 1.83 bits per heavy atom. The SMILES string of the molecule is CCNC(=O)[C@@H](CC)N(Cc1ccccc1C)C(=O)CSCc1cccc(C)c1. The molecule has 29 heavy (non-hydrogen) atoms. The van der Waals surface area contributed by atoms with Crippen molar-refractivity contribution in [1.29, 1.82) is 0 Å². The molecule has 2 aromatic rings. The van der Waals surface area contributed by atoms with Crippen molar-refractivity contribution in [2.24, 2.45) is 0 Å². The summed E-state index contributed by atoms with van der Waals surface area (Å²) in [5.74, 6) is 1.06. The molecule has 0 aliphatic heterocycles. The molecular formula is C24H32N2O2S. The topological polar surface area (TPSA) is 49.4 Å². The van der Waals surface area contributed by atoms with Crippen LogP contribution in [0, 0.1) is 13.8 Å². The summed E-state index contributed by atoms with van der Waals surface area (Å²) in [4.78, 5) is 27.5. The van der Waals surface area contributed by atoms with Crippen LogP contribution in [0.25, 0.3) is 0 Å². The van der Waals surface area contributed by atoms with E-state index >= 15 is 0 Å². The predicted molar refractivity (Wildman–Crippen MR) is 122 cm³/mol. The van der Waals surface area contributed by atoms with Gasteiger partial charge in [-0.3, -0.25) is 9.59 Å². The van der Waals surface area contributed by atoms with Crippen molar-refractivity contribution in [3.63, 3.8) is 0 Å². The highest BCUT2D eigenvalue weighted by Gasteiger charge is 2.28. The second-order valence-corrected chi connectivity index (χ2v) is 8.23. The number of amides is 2. The van der Waals surface area contributed by atoms with E-state index in [0.717, 1.165) is 16.9 Å². The second-order valence-electron chi connectivity index (χ2n) is 7.25. The lowest BCUT2D eigenvalue weighted by Crippen LogP contribution is -2.49. The Hall–Kier alpha value is -2.27. The molecule has 0 spiro atoms. The van der Waals surface area contributed by atoms with Crippen molar-refractivity contribution in [2.75, 3.05) is 12.3 Å². The summed E-state index contributed by atoms with van der Waals surface area (Å²) in [5.41, 5.74) is 4.64. The zero-order valence-electron chi connectivity index (χ0n) is 17.9. The highest BCUT2D eigenvalue weighted by atomic mass is 32.2. The number of hydrogen-bond donors (Lipinski definition) is 1. The molecule has 1 N–H and O–H groups in total. The fourth-order valence-corrected chi connectivity index (χ4v) is 4.18. The van der Waals surface area contributed by atoms with Gasteiger partial charge < -0.3 is 10.2 Å². The molecule has 2 rings (SSSR count). The smallest absolute Gasteiger partial charge is 0.242 e. The van der Waals surface area contributed by atoms with E-state index in [-0.39, 0.29) is 11.8 Å². The van der Waals surface area contributed by atoms with Crippen LogP contribution in [0.4, 0.5) is 0 Å². The third-order valence-corrected chi connectivity index (χ3v) is 5.90. The van der Waals surface area contributed by atoms with Crippen molar-refractivity contribution < 1.29 is 9.59 Å². The summed E-state index contributed by atoms with van der Waals surface area (Å²) in [6.07, 6.45) is 0.589. The van der Waals surface area contributed by atoms with Crippen molar-refractivity contribution >= 4 is 23.6 Å². The summed E-state index contributed by atoms with van der Waals surface area (Å²) >= 11 is 1.60. The number of likely N-dealkylation sites (N-methyl/N-ethyl adjacent to an activating group) is 1. The minimum Gasteiger partial charge on any atom is -0.355 e. The molecule has 0 radical (unpaired) electrons. The van der Waals surface area contributed by atoms with Gasteiger partial charge >= 0.3 is 0 Å². The summed E-state index contributed by atoms with van der Waals surface area (Å²) in [6.45, 7) is 8.97. The summed E-state index contributed by atoms with van der Waals surface area (Å²) in [5, 5.41) is 2.88. The summed E-state index contributed by atoms with van der Waals surface area (Å²) in [6, 6.07) is 15.9. The van der Waals surface area contributed by atoms with Gasteiger partial charge in [0.25, 0.3) is 0 Å². The molecule has 1 atom stereocenters. The third-order valence-electron chi connectivity index (χ3n) is 4.92. The number of nitrogens with one attached hydrogen (secondary N) is 1. The largest absolute Gasteiger partial charge is 0.355 e. The number of thioether (sulfide) groups is 1. The van der Waals surface area contributed by atoms with E-state index in [9.17, 15) is 9.59 Å². The van der Waals surface area contributed by atoms with Crippen LogP contribution in [-0.4, -0.2) is 35.1 Å².